The van der Waals surface area contributed by atoms with E-state index >= 15 is 0 Å². The summed E-state index contributed by atoms with van der Waals surface area (Å²) < 4.78 is 57.8. The Kier molecular flexibility index (Phi) is 7.22. The number of rotatable bonds is 7. The molecule has 0 fully saturated rings. The first-order chi connectivity index (χ1) is 16.6. The molecule has 0 bridgehead atoms. The van der Waals surface area contributed by atoms with E-state index in [-0.39, 0.29) is 18.1 Å². The summed E-state index contributed by atoms with van der Waals surface area (Å²) in [5.41, 5.74) is 4.34. The number of halogens is 4. The summed E-state index contributed by atoms with van der Waals surface area (Å²) in [5, 5.41) is 0. The van der Waals surface area contributed by atoms with E-state index in [1.54, 1.807) is 16.7 Å². The fraction of sp³-hybridized carbons (Fsp3) is 0.444. The summed E-state index contributed by atoms with van der Waals surface area (Å²) in [6.45, 7) is 10.3. The fourth-order valence-corrected chi connectivity index (χ4v) is 5.19. The molecule has 188 valence electrons. The number of imidazole rings is 1. The van der Waals surface area contributed by atoms with Crippen LogP contribution in [0.5, 0.6) is 0 Å². The second-order valence-corrected chi connectivity index (χ2v) is 9.45. The highest BCUT2D eigenvalue weighted by molar-refractivity contribution is 5.68. The Morgan fingerprint density at radius 3 is 2.23 bits per heavy atom. The smallest absolute Gasteiger partial charge is 0.312 e. The number of aryl methyl sites for hydroxylation is 3. The Labute approximate surface area is 204 Å². The van der Waals surface area contributed by atoms with Crippen molar-refractivity contribution in [1.29, 1.82) is 0 Å². The average Bonchev–Trinajstić information content (AvgIpc) is 3.14. The molecule has 8 heteroatoms. The Morgan fingerprint density at radius 1 is 0.971 bits per heavy atom. The third-order valence-corrected chi connectivity index (χ3v) is 6.46. The maximum atomic E-state index is 14.2. The zero-order chi connectivity index (χ0) is 25.3. The van der Waals surface area contributed by atoms with E-state index in [0.29, 0.717) is 32.1 Å². The summed E-state index contributed by atoms with van der Waals surface area (Å²) in [4.78, 5) is 8.13. The van der Waals surface area contributed by atoms with Crippen LogP contribution >= 0.6 is 0 Å². The Hall–Kier alpha value is -2.87. The molecule has 1 aromatic heterocycles. The molecule has 35 heavy (non-hydrogen) atoms. The predicted octanol–water partition coefficient (Wildman–Crippen LogP) is 6.92. The zero-order valence-corrected chi connectivity index (χ0v) is 20.7. The zero-order valence-electron chi connectivity index (χ0n) is 20.7. The van der Waals surface area contributed by atoms with E-state index in [1.165, 1.54) is 12.1 Å². The standard InChI is InChI=1S/C27H32F4N4/c1-5-11-33(16-21-7-9-22(28)10-8-21)17-23-25(27(29,30)31)32-26-34(23)12-6-13-35(26)24-19(3)14-18(2)15-20(24)4/h7-10,14-15H,5-6,11-13,16-17H2,1-4H3. The molecule has 0 radical (unpaired) electrons. The molecule has 0 saturated carbocycles. The lowest BCUT2D eigenvalue weighted by Crippen LogP contribution is -2.31. The van der Waals surface area contributed by atoms with Crippen LogP contribution in [0.2, 0.25) is 0 Å². The van der Waals surface area contributed by atoms with Gasteiger partial charge in [0.25, 0.3) is 0 Å². The van der Waals surface area contributed by atoms with Gasteiger partial charge in [-0.15, -0.1) is 0 Å². The molecule has 0 saturated heterocycles. The lowest BCUT2D eigenvalue weighted by molar-refractivity contribution is -0.141. The van der Waals surface area contributed by atoms with E-state index in [9.17, 15) is 17.6 Å². The summed E-state index contributed by atoms with van der Waals surface area (Å²) in [5.74, 6) is 0.0219. The molecule has 2 aromatic carbocycles. The van der Waals surface area contributed by atoms with Crippen molar-refractivity contribution < 1.29 is 17.6 Å². The summed E-state index contributed by atoms with van der Waals surface area (Å²) >= 11 is 0. The molecule has 4 rings (SSSR count). The minimum atomic E-state index is -4.56. The lowest BCUT2D eigenvalue weighted by Gasteiger charge is -2.33. The van der Waals surface area contributed by atoms with Crippen molar-refractivity contribution in [3.63, 3.8) is 0 Å². The molecule has 4 nitrogen and oxygen atoms in total. The Bertz CT molecular complexity index is 1160. The molecular formula is C27H32F4N4. The molecule has 0 amide bonds. The Balaban J connectivity index is 1.75. The van der Waals surface area contributed by atoms with Gasteiger partial charge >= 0.3 is 6.18 Å². The van der Waals surface area contributed by atoms with Crippen LogP contribution in [-0.2, 0) is 25.8 Å². The number of aromatic nitrogens is 2. The van der Waals surface area contributed by atoms with E-state index in [2.05, 4.69) is 17.1 Å². The summed E-state index contributed by atoms with van der Waals surface area (Å²) in [7, 11) is 0. The van der Waals surface area contributed by atoms with Gasteiger partial charge in [-0.1, -0.05) is 36.8 Å². The summed E-state index contributed by atoms with van der Waals surface area (Å²) in [6, 6.07) is 10.2. The lowest BCUT2D eigenvalue weighted by atomic mass is 10.0. The molecule has 0 N–H and O–H groups in total. The highest BCUT2D eigenvalue weighted by atomic mass is 19.4. The second-order valence-electron chi connectivity index (χ2n) is 9.45. The number of benzene rings is 2. The van der Waals surface area contributed by atoms with Gasteiger partial charge in [0, 0.05) is 31.9 Å². The van der Waals surface area contributed by atoms with Gasteiger partial charge in [-0.05, 0) is 69.0 Å². The van der Waals surface area contributed by atoms with Crippen molar-refractivity contribution in [2.24, 2.45) is 0 Å². The molecule has 1 aliphatic heterocycles. The van der Waals surface area contributed by atoms with Crippen LogP contribution in [0.25, 0.3) is 0 Å². The Morgan fingerprint density at radius 2 is 1.63 bits per heavy atom. The van der Waals surface area contributed by atoms with Crippen LogP contribution in [0.3, 0.4) is 0 Å². The highest BCUT2D eigenvalue weighted by Gasteiger charge is 2.41. The van der Waals surface area contributed by atoms with Crippen LogP contribution in [0.4, 0.5) is 29.2 Å². The molecular weight excluding hydrogens is 456 g/mol. The van der Waals surface area contributed by atoms with Gasteiger partial charge in [0.1, 0.15) is 5.82 Å². The quantitative estimate of drug-likeness (QED) is 0.338. The van der Waals surface area contributed by atoms with E-state index in [0.717, 1.165) is 40.8 Å². The molecule has 0 unspecified atom stereocenters. The van der Waals surface area contributed by atoms with Crippen molar-refractivity contribution in [2.75, 3.05) is 18.0 Å². The van der Waals surface area contributed by atoms with Crippen LogP contribution in [-0.4, -0.2) is 27.5 Å². The van der Waals surface area contributed by atoms with Gasteiger partial charge in [-0.25, -0.2) is 9.37 Å². The molecule has 0 spiro atoms. The third kappa shape index (κ3) is 5.37. The molecule has 3 aromatic rings. The van der Waals surface area contributed by atoms with Crippen molar-refractivity contribution >= 4 is 11.6 Å². The molecule has 0 atom stereocenters. The second kappa shape index (κ2) is 10.0. The maximum Gasteiger partial charge on any atom is 0.435 e. The van der Waals surface area contributed by atoms with Crippen LogP contribution in [0.1, 0.15) is 53.4 Å². The first-order valence-electron chi connectivity index (χ1n) is 12.1. The maximum absolute atomic E-state index is 14.2. The number of fused-ring (bicyclic) bond motifs is 1. The normalized spacial score (nSPS) is 14.0. The SMILES string of the molecule is CCCN(Cc1ccc(F)cc1)Cc1c(C(F)(F)F)nc2n1CCCN2c1c(C)cc(C)cc1C. The fourth-order valence-electron chi connectivity index (χ4n) is 5.19. The van der Waals surface area contributed by atoms with E-state index < -0.39 is 11.9 Å². The van der Waals surface area contributed by atoms with Crippen LogP contribution in [0.15, 0.2) is 36.4 Å². The van der Waals surface area contributed by atoms with Gasteiger partial charge in [0.15, 0.2) is 5.69 Å². The number of hydrogen-bond acceptors (Lipinski definition) is 3. The van der Waals surface area contributed by atoms with Gasteiger partial charge in [0.2, 0.25) is 5.95 Å². The highest BCUT2D eigenvalue weighted by Crippen LogP contribution is 2.40. The molecule has 1 aliphatic rings. The summed E-state index contributed by atoms with van der Waals surface area (Å²) in [6.07, 6.45) is -3.04. The van der Waals surface area contributed by atoms with Gasteiger partial charge in [-0.2, -0.15) is 13.2 Å². The van der Waals surface area contributed by atoms with E-state index in [4.69, 9.17) is 0 Å². The van der Waals surface area contributed by atoms with Crippen molar-refractivity contribution in [3.8, 4) is 0 Å². The molecule has 2 heterocycles. The average molecular weight is 489 g/mol. The number of alkyl halides is 3. The van der Waals surface area contributed by atoms with Gasteiger partial charge < -0.3 is 9.47 Å². The predicted molar refractivity (Wildman–Crippen MR) is 130 cm³/mol. The van der Waals surface area contributed by atoms with Gasteiger partial charge in [-0.3, -0.25) is 4.90 Å². The third-order valence-electron chi connectivity index (χ3n) is 6.46. The number of anilines is 2. The largest absolute Gasteiger partial charge is 0.435 e. The minimum absolute atomic E-state index is 0.118. The van der Waals surface area contributed by atoms with Crippen LogP contribution < -0.4 is 4.90 Å². The van der Waals surface area contributed by atoms with Crippen molar-refractivity contribution in [2.45, 2.75) is 66.3 Å². The number of nitrogens with zero attached hydrogens (tertiary/aromatic N) is 4. The van der Waals surface area contributed by atoms with Crippen molar-refractivity contribution in [1.82, 2.24) is 14.5 Å². The minimum Gasteiger partial charge on any atom is -0.312 e. The van der Waals surface area contributed by atoms with Crippen molar-refractivity contribution in [3.05, 3.63) is 75.9 Å². The van der Waals surface area contributed by atoms with Gasteiger partial charge in [0.05, 0.1) is 5.69 Å². The van der Waals surface area contributed by atoms with E-state index in [1.807, 2.05) is 37.5 Å². The number of hydrogen-bond donors (Lipinski definition) is 0. The monoisotopic (exact) mass is 488 g/mol. The first kappa shape index (κ1) is 25.2. The van der Waals surface area contributed by atoms with Crippen LogP contribution in [0, 0.1) is 26.6 Å². The topological polar surface area (TPSA) is 24.3 Å². The molecule has 0 aliphatic carbocycles. The first-order valence-corrected chi connectivity index (χ1v) is 12.1.